The number of methoxy groups -OCH3 is 3. The summed E-state index contributed by atoms with van der Waals surface area (Å²) in [5.41, 5.74) is 1.62. The lowest BCUT2D eigenvalue weighted by Gasteiger charge is -2.17. The molecule has 3 rings (SSSR count). The van der Waals surface area contributed by atoms with E-state index in [0.717, 1.165) is 0 Å². The van der Waals surface area contributed by atoms with E-state index < -0.39 is 0 Å². The Hall–Kier alpha value is -3.06. The molecule has 1 saturated heterocycles. The van der Waals surface area contributed by atoms with Gasteiger partial charge in [-0.25, -0.2) is 4.90 Å². The molecule has 2 aromatic carbocycles. The molecule has 1 heterocycles. The number of amides is 1. The van der Waals surface area contributed by atoms with E-state index in [1.54, 1.807) is 57.7 Å². The Morgan fingerprint density at radius 1 is 1.00 bits per heavy atom. The number of benzene rings is 2. The molecule has 2 aromatic rings. The molecule has 0 radical (unpaired) electrons. The third kappa shape index (κ3) is 3.21. The highest BCUT2D eigenvalue weighted by molar-refractivity contribution is 7.80. The first-order valence-electron chi connectivity index (χ1n) is 7.81. The number of ether oxygens (including phenoxy) is 3. The lowest BCUT2D eigenvalue weighted by atomic mass is 10.1. The number of hydrogen-bond donors (Lipinski definition) is 1. The molecule has 0 spiro atoms. The fourth-order valence-electron chi connectivity index (χ4n) is 2.68. The van der Waals surface area contributed by atoms with Gasteiger partial charge in [0.2, 0.25) is 0 Å². The van der Waals surface area contributed by atoms with Gasteiger partial charge >= 0.3 is 0 Å². The SMILES string of the molecule is COc1ccc(OC)c(/C=C2/NC(=S)N(c3ccccc3OC)C2=O)c1. The van der Waals surface area contributed by atoms with Crippen molar-refractivity contribution < 1.29 is 19.0 Å². The summed E-state index contributed by atoms with van der Waals surface area (Å²) in [6, 6.07) is 12.6. The number of para-hydroxylation sites is 2. The minimum atomic E-state index is -0.274. The molecule has 26 heavy (non-hydrogen) atoms. The van der Waals surface area contributed by atoms with Crippen molar-refractivity contribution in [1.82, 2.24) is 5.32 Å². The molecule has 1 aliphatic rings. The summed E-state index contributed by atoms with van der Waals surface area (Å²) in [5.74, 6) is 1.57. The molecule has 6 nitrogen and oxygen atoms in total. The van der Waals surface area contributed by atoms with Crippen LogP contribution in [0.5, 0.6) is 17.2 Å². The molecular weight excluding hydrogens is 352 g/mol. The highest BCUT2D eigenvalue weighted by Crippen LogP contribution is 2.32. The Bertz CT molecular complexity index is 895. The maximum atomic E-state index is 12.9. The number of hydrogen-bond acceptors (Lipinski definition) is 5. The van der Waals surface area contributed by atoms with Gasteiger partial charge < -0.3 is 19.5 Å². The normalized spacial score (nSPS) is 15.2. The molecule has 1 amide bonds. The third-order valence-corrected chi connectivity index (χ3v) is 4.23. The number of carbonyl (C=O) groups is 1. The smallest absolute Gasteiger partial charge is 0.281 e. The van der Waals surface area contributed by atoms with Crippen LogP contribution in [0.15, 0.2) is 48.2 Å². The molecule has 7 heteroatoms. The number of rotatable bonds is 5. The maximum Gasteiger partial charge on any atom is 0.281 e. The molecule has 134 valence electrons. The second-order valence-electron chi connectivity index (χ2n) is 5.41. The summed E-state index contributed by atoms with van der Waals surface area (Å²) in [6.45, 7) is 0. The summed E-state index contributed by atoms with van der Waals surface area (Å²) < 4.78 is 15.9. The van der Waals surface area contributed by atoms with Crippen molar-refractivity contribution in [2.75, 3.05) is 26.2 Å². The van der Waals surface area contributed by atoms with E-state index in [1.807, 2.05) is 12.1 Å². The standard InChI is InChI=1S/C19H18N2O4S/c1-23-13-8-9-16(24-2)12(10-13)11-14-18(22)21(19(26)20-14)15-6-4-5-7-17(15)25-3/h4-11H,1-3H3,(H,20,26)/b14-11+. The average Bonchev–Trinajstić information content (AvgIpc) is 2.94. The van der Waals surface area contributed by atoms with Crippen molar-refractivity contribution in [3.8, 4) is 17.2 Å². The lowest BCUT2D eigenvalue weighted by molar-refractivity contribution is -0.113. The van der Waals surface area contributed by atoms with Gasteiger partial charge in [-0.05, 0) is 48.6 Å². The minimum absolute atomic E-state index is 0.274. The number of thiocarbonyl (C=S) groups is 1. The van der Waals surface area contributed by atoms with Gasteiger partial charge in [-0.15, -0.1) is 0 Å². The van der Waals surface area contributed by atoms with Gasteiger partial charge in [-0.2, -0.15) is 0 Å². The van der Waals surface area contributed by atoms with E-state index in [4.69, 9.17) is 26.4 Å². The van der Waals surface area contributed by atoms with Crippen LogP contribution in [-0.4, -0.2) is 32.3 Å². The third-order valence-electron chi connectivity index (χ3n) is 3.94. The highest BCUT2D eigenvalue weighted by atomic mass is 32.1. The van der Waals surface area contributed by atoms with Crippen LogP contribution in [0, 0.1) is 0 Å². The van der Waals surface area contributed by atoms with Gasteiger partial charge in [0, 0.05) is 5.56 Å². The van der Waals surface area contributed by atoms with Gasteiger partial charge in [0.05, 0.1) is 27.0 Å². The predicted octanol–water partition coefficient (Wildman–Crippen LogP) is 2.97. The van der Waals surface area contributed by atoms with Gasteiger partial charge in [0.1, 0.15) is 22.9 Å². The molecule has 0 aromatic heterocycles. The number of anilines is 1. The minimum Gasteiger partial charge on any atom is -0.497 e. The zero-order valence-electron chi connectivity index (χ0n) is 14.6. The Kier molecular flexibility index (Phi) is 5.09. The molecule has 0 unspecified atom stereocenters. The molecular formula is C19H18N2O4S. The van der Waals surface area contributed by atoms with Crippen molar-refractivity contribution in [1.29, 1.82) is 0 Å². The first-order valence-corrected chi connectivity index (χ1v) is 8.22. The van der Waals surface area contributed by atoms with Crippen molar-refractivity contribution in [3.63, 3.8) is 0 Å². The lowest BCUT2D eigenvalue weighted by Crippen LogP contribution is -2.30. The van der Waals surface area contributed by atoms with E-state index >= 15 is 0 Å². The average molecular weight is 370 g/mol. The van der Waals surface area contributed by atoms with Crippen molar-refractivity contribution in [2.45, 2.75) is 0 Å². The first kappa shape index (κ1) is 17.8. The molecule has 0 bridgehead atoms. The predicted molar refractivity (Wildman–Crippen MR) is 104 cm³/mol. The fourth-order valence-corrected chi connectivity index (χ4v) is 2.97. The molecule has 1 aliphatic heterocycles. The van der Waals surface area contributed by atoms with Gasteiger partial charge in [-0.3, -0.25) is 4.79 Å². The zero-order chi connectivity index (χ0) is 18.7. The van der Waals surface area contributed by atoms with Crippen LogP contribution in [0.4, 0.5) is 5.69 Å². The number of carbonyl (C=O) groups excluding carboxylic acids is 1. The second kappa shape index (κ2) is 7.45. The summed E-state index contributed by atoms with van der Waals surface area (Å²) in [5, 5.41) is 3.24. The Labute approximate surface area is 157 Å². The quantitative estimate of drug-likeness (QED) is 0.645. The highest BCUT2D eigenvalue weighted by Gasteiger charge is 2.33. The second-order valence-corrected chi connectivity index (χ2v) is 5.80. The summed E-state index contributed by atoms with van der Waals surface area (Å²) in [6.07, 6.45) is 1.69. The fraction of sp³-hybridized carbons (Fsp3) is 0.158. The van der Waals surface area contributed by atoms with E-state index in [1.165, 1.54) is 4.90 Å². The Morgan fingerprint density at radius 2 is 1.73 bits per heavy atom. The van der Waals surface area contributed by atoms with Gasteiger partial charge in [0.25, 0.3) is 5.91 Å². The van der Waals surface area contributed by atoms with Crippen molar-refractivity contribution >= 4 is 35.0 Å². The van der Waals surface area contributed by atoms with Crippen LogP contribution in [0.25, 0.3) is 6.08 Å². The van der Waals surface area contributed by atoms with E-state index in [2.05, 4.69) is 5.32 Å². The number of nitrogens with zero attached hydrogens (tertiary/aromatic N) is 1. The topological polar surface area (TPSA) is 60.0 Å². The van der Waals surface area contributed by atoms with E-state index in [-0.39, 0.29) is 11.0 Å². The van der Waals surface area contributed by atoms with E-state index in [0.29, 0.717) is 34.2 Å². The van der Waals surface area contributed by atoms with Crippen molar-refractivity contribution in [3.05, 3.63) is 53.7 Å². The van der Waals surface area contributed by atoms with Crippen LogP contribution >= 0.6 is 12.2 Å². The monoisotopic (exact) mass is 370 g/mol. The number of nitrogens with one attached hydrogen (secondary N) is 1. The summed E-state index contributed by atoms with van der Waals surface area (Å²) >= 11 is 5.35. The van der Waals surface area contributed by atoms with E-state index in [9.17, 15) is 4.79 Å². The maximum absolute atomic E-state index is 12.9. The van der Waals surface area contributed by atoms with Crippen LogP contribution in [0.2, 0.25) is 0 Å². The zero-order valence-corrected chi connectivity index (χ0v) is 15.4. The molecule has 0 saturated carbocycles. The van der Waals surface area contributed by atoms with Crippen LogP contribution in [0.1, 0.15) is 5.56 Å². The van der Waals surface area contributed by atoms with Crippen LogP contribution in [-0.2, 0) is 4.79 Å². The summed E-state index contributed by atoms with van der Waals surface area (Å²) in [7, 11) is 4.70. The Balaban J connectivity index is 2.00. The largest absolute Gasteiger partial charge is 0.497 e. The first-order chi connectivity index (χ1) is 12.6. The van der Waals surface area contributed by atoms with Gasteiger partial charge in [0.15, 0.2) is 5.11 Å². The Morgan fingerprint density at radius 3 is 2.42 bits per heavy atom. The van der Waals surface area contributed by atoms with Gasteiger partial charge in [-0.1, -0.05) is 12.1 Å². The molecule has 1 N–H and O–H groups in total. The van der Waals surface area contributed by atoms with Crippen LogP contribution < -0.4 is 24.4 Å². The molecule has 0 aliphatic carbocycles. The molecule has 0 atom stereocenters. The molecule has 1 fully saturated rings. The summed E-state index contributed by atoms with van der Waals surface area (Å²) in [4.78, 5) is 14.3. The van der Waals surface area contributed by atoms with Crippen molar-refractivity contribution in [2.24, 2.45) is 0 Å². The van der Waals surface area contributed by atoms with Crippen LogP contribution in [0.3, 0.4) is 0 Å².